The van der Waals surface area contributed by atoms with Gasteiger partial charge < -0.3 is 4.74 Å². The maximum Gasteiger partial charge on any atom is 0.341 e. The number of terminal acetylenes is 1. The normalized spacial score (nSPS) is 15.9. The summed E-state index contributed by atoms with van der Waals surface area (Å²) in [5.74, 6) is 2.49. The second-order valence-electron chi connectivity index (χ2n) is 4.55. The largest absolute Gasteiger partial charge is 0.405 e. The Morgan fingerprint density at radius 3 is 2.35 bits per heavy atom. The molecule has 1 heterocycles. The molecule has 1 aromatic rings. The number of hydrogen-bond donors (Lipinski definition) is 0. The molecule has 0 atom stereocenters. The van der Waals surface area contributed by atoms with Gasteiger partial charge in [-0.25, -0.2) is 9.79 Å². The number of esters is 1. The first kappa shape index (κ1) is 13.8. The van der Waals surface area contributed by atoms with Crippen molar-refractivity contribution in [3.05, 3.63) is 60.7 Å². The van der Waals surface area contributed by atoms with E-state index in [4.69, 9.17) is 11.2 Å². The van der Waals surface area contributed by atoms with E-state index in [9.17, 15) is 4.79 Å². The summed E-state index contributed by atoms with van der Waals surface area (Å²) in [7, 11) is 0. The summed E-state index contributed by atoms with van der Waals surface area (Å²) < 4.78 is 5.31. The summed E-state index contributed by atoms with van der Waals surface area (Å²) in [5.41, 5.74) is 0.568. The molecule has 0 aromatic heterocycles. The van der Waals surface area contributed by atoms with Gasteiger partial charge in [-0.15, -0.1) is 19.6 Å². The Labute approximate surface area is 118 Å². The number of rotatable bonds is 5. The number of nitrogens with zero attached hydrogens (tertiary/aromatic N) is 1. The Morgan fingerprint density at radius 1 is 1.25 bits per heavy atom. The number of carbonyl (C=O) groups excluding carboxylic acids is 1. The maximum absolute atomic E-state index is 12.1. The summed E-state index contributed by atoms with van der Waals surface area (Å²) >= 11 is 0. The third-order valence-corrected chi connectivity index (χ3v) is 3.15. The summed E-state index contributed by atoms with van der Waals surface area (Å²) in [6.45, 7) is 7.35. The van der Waals surface area contributed by atoms with Crippen molar-refractivity contribution in [2.45, 2.75) is 18.4 Å². The first-order valence-electron chi connectivity index (χ1n) is 6.26. The van der Waals surface area contributed by atoms with Gasteiger partial charge in [-0.05, 0) is 24.3 Å². The Balaban J connectivity index is 2.37. The van der Waals surface area contributed by atoms with Gasteiger partial charge in [-0.3, -0.25) is 0 Å². The molecule has 0 radical (unpaired) electrons. The minimum absolute atomic E-state index is 0.322. The van der Waals surface area contributed by atoms with Gasteiger partial charge in [0.05, 0.1) is 0 Å². The predicted molar refractivity (Wildman–Crippen MR) is 79.4 cm³/mol. The molecule has 1 aliphatic rings. The number of cyclic esters (lactones) is 1. The van der Waals surface area contributed by atoms with E-state index in [1.807, 2.05) is 0 Å². The standard InChI is InChI=1S/C17H15NO2/c1-4-11-17(12-5-2)16(19)20-15(18-17)14-9-7-13(6-3)8-10-14/h3-5,7-10H,1-2,11-12H2. The van der Waals surface area contributed by atoms with Crippen LogP contribution in [0.1, 0.15) is 24.0 Å². The van der Waals surface area contributed by atoms with E-state index in [-0.39, 0.29) is 5.97 Å². The third kappa shape index (κ3) is 2.41. The van der Waals surface area contributed by atoms with Crippen LogP contribution < -0.4 is 0 Å². The molecule has 0 saturated heterocycles. The fraction of sp³-hybridized carbons (Fsp3) is 0.176. The molecule has 3 heteroatoms. The molecule has 0 bridgehead atoms. The van der Waals surface area contributed by atoms with Crippen LogP contribution in [0.2, 0.25) is 0 Å². The van der Waals surface area contributed by atoms with Gasteiger partial charge in [0.25, 0.3) is 0 Å². The average molecular weight is 265 g/mol. The SMILES string of the molecule is C#Cc1ccc(C2=NC(CC=C)(CC=C)C(=O)O2)cc1. The molecule has 0 unspecified atom stereocenters. The van der Waals surface area contributed by atoms with Crippen LogP contribution in [0.5, 0.6) is 0 Å². The van der Waals surface area contributed by atoms with Gasteiger partial charge in [-0.2, -0.15) is 0 Å². The second-order valence-corrected chi connectivity index (χ2v) is 4.55. The zero-order chi connectivity index (χ0) is 14.6. The Bertz CT molecular complexity index is 607. The van der Waals surface area contributed by atoms with E-state index in [0.29, 0.717) is 18.7 Å². The van der Waals surface area contributed by atoms with E-state index < -0.39 is 5.54 Å². The van der Waals surface area contributed by atoms with Crippen LogP contribution in [0.4, 0.5) is 0 Å². The third-order valence-electron chi connectivity index (χ3n) is 3.15. The summed E-state index contributed by atoms with van der Waals surface area (Å²) in [5, 5.41) is 0. The zero-order valence-corrected chi connectivity index (χ0v) is 11.1. The lowest BCUT2D eigenvalue weighted by atomic mass is 9.92. The molecule has 2 rings (SSSR count). The van der Waals surface area contributed by atoms with Gasteiger partial charge in [0.15, 0.2) is 5.54 Å². The van der Waals surface area contributed by atoms with Crippen molar-refractivity contribution >= 4 is 11.9 Å². The lowest BCUT2D eigenvalue weighted by Crippen LogP contribution is -2.32. The molecular weight excluding hydrogens is 250 g/mol. The van der Waals surface area contributed by atoms with Crippen molar-refractivity contribution in [1.29, 1.82) is 0 Å². The van der Waals surface area contributed by atoms with Crippen LogP contribution >= 0.6 is 0 Å². The molecule has 0 N–H and O–H groups in total. The lowest BCUT2D eigenvalue weighted by Gasteiger charge is -2.17. The van der Waals surface area contributed by atoms with Crippen molar-refractivity contribution in [2.24, 2.45) is 4.99 Å². The molecule has 0 aliphatic carbocycles. The summed E-state index contributed by atoms with van der Waals surface area (Å²) in [6, 6.07) is 7.15. The highest BCUT2D eigenvalue weighted by atomic mass is 16.6. The molecule has 0 fully saturated rings. The van der Waals surface area contributed by atoms with Crippen LogP contribution in [-0.4, -0.2) is 17.4 Å². The van der Waals surface area contributed by atoms with Gasteiger partial charge in [0, 0.05) is 24.0 Å². The smallest absolute Gasteiger partial charge is 0.341 e. The highest BCUT2D eigenvalue weighted by Crippen LogP contribution is 2.30. The van der Waals surface area contributed by atoms with Crippen molar-refractivity contribution in [1.82, 2.24) is 0 Å². The maximum atomic E-state index is 12.1. The fourth-order valence-corrected chi connectivity index (χ4v) is 2.10. The van der Waals surface area contributed by atoms with Gasteiger partial charge in [0.1, 0.15) is 0 Å². The van der Waals surface area contributed by atoms with Crippen LogP contribution in [-0.2, 0) is 9.53 Å². The molecule has 1 aromatic carbocycles. The molecule has 0 saturated carbocycles. The fourth-order valence-electron chi connectivity index (χ4n) is 2.10. The molecule has 0 amide bonds. The number of benzene rings is 1. The number of hydrogen-bond acceptors (Lipinski definition) is 3. The predicted octanol–water partition coefficient (Wildman–Crippen LogP) is 2.86. The van der Waals surface area contributed by atoms with E-state index in [1.165, 1.54) is 0 Å². The number of carbonyl (C=O) groups is 1. The van der Waals surface area contributed by atoms with Gasteiger partial charge in [0.2, 0.25) is 5.90 Å². The number of aliphatic imine (C=N–C) groups is 1. The molecule has 0 spiro atoms. The van der Waals surface area contributed by atoms with Crippen molar-refractivity contribution < 1.29 is 9.53 Å². The van der Waals surface area contributed by atoms with E-state index >= 15 is 0 Å². The molecule has 20 heavy (non-hydrogen) atoms. The summed E-state index contributed by atoms with van der Waals surface area (Å²) in [6.07, 6.45) is 9.48. The summed E-state index contributed by atoms with van der Waals surface area (Å²) in [4.78, 5) is 16.6. The van der Waals surface area contributed by atoms with Crippen LogP contribution in [0.3, 0.4) is 0 Å². The van der Waals surface area contributed by atoms with Gasteiger partial charge in [-0.1, -0.05) is 18.1 Å². The molecule has 100 valence electrons. The van der Waals surface area contributed by atoms with Crippen molar-refractivity contribution in [3.63, 3.8) is 0 Å². The Morgan fingerprint density at radius 2 is 1.85 bits per heavy atom. The minimum atomic E-state index is -0.927. The van der Waals surface area contributed by atoms with Crippen molar-refractivity contribution in [2.75, 3.05) is 0 Å². The monoisotopic (exact) mass is 265 g/mol. The zero-order valence-electron chi connectivity index (χ0n) is 11.1. The first-order chi connectivity index (χ1) is 9.65. The molecule has 1 aliphatic heterocycles. The Hall–Kier alpha value is -2.60. The van der Waals surface area contributed by atoms with Crippen LogP contribution in [0, 0.1) is 12.3 Å². The molecule has 3 nitrogen and oxygen atoms in total. The average Bonchev–Trinajstić information content (AvgIpc) is 2.77. The second kappa shape index (κ2) is 5.58. The van der Waals surface area contributed by atoms with E-state index in [1.54, 1.807) is 36.4 Å². The van der Waals surface area contributed by atoms with Crippen molar-refractivity contribution in [3.8, 4) is 12.3 Å². The lowest BCUT2D eigenvalue weighted by molar-refractivity contribution is -0.138. The van der Waals surface area contributed by atoms with Crippen LogP contribution in [0.25, 0.3) is 0 Å². The Kier molecular flexibility index (Phi) is 3.86. The topological polar surface area (TPSA) is 38.7 Å². The minimum Gasteiger partial charge on any atom is -0.405 e. The quantitative estimate of drug-likeness (QED) is 0.466. The van der Waals surface area contributed by atoms with Crippen LogP contribution in [0.15, 0.2) is 54.6 Å². The highest BCUT2D eigenvalue weighted by Gasteiger charge is 2.44. The van der Waals surface area contributed by atoms with E-state index in [2.05, 4.69) is 24.1 Å². The highest BCUT2D eigenvalue weighted by molar-refractivity contribution is 6.08. The first-order valence-corrected chi connectivity index (χ1v) is 6.26. The van der Waals surface area contributed by atoms with E-state index in [0.717, 1.165) is 11.1 Å². The molecular formula is C17H15NO2. The van der Waals surface area contributed by atoms with Gasteiger partial charge >= 0.3 is 5.97 Å². The number of ether oxygens (including phenoxy) is 1.